The first-order valence-electron chi connectivity index (χ1n) is 7.12. The van der Waals surface area contributed by atoms with Crippen molar-refractivity contribution in [3.05, 3.63) is 52.6 Å². The third-order valence-corrected chi connectivity index (χ3v) is 3.41. The van der Waals surface area contributed by atoms with Gasteiger partial charge in [-0.1, -0.05) is 6.92 Å². The van der Waals surface area contributed by atoms with Gasteiger partial charge in [0.05, 0.1) is 5.69 Å². The molecule has 3 nitrogen and oxygen atoms in total. The molecule has 1 heterocycles. The van der Waals surface area contributed by atoms with E-state index in [4.69, 9.17) is 10.5 Å². The number of nitrogens with two attached hydrogens (primary N) is 1. The number of pyridine rings is 1. The van der Waals surface area contributed by atoms with E-state index in [1.54, 1.807) is 13.0 Å². The quantitative estimate of drug-likeness (QED) is 0.916. The van der Waals surface area contributed by atoms with E-state index < -0.39 is 0 Å². The summed E-state index contributed by atoms with van der Waals surface area (Å²) in [4.78, 5) is 4.47. The normalized spacial score (nSPS) is 12.3. The van der Waals surface area contributed by atoms with E-state index in [0.717, 1.165) is 17.8 Å². The zero-order valence-corrected chi connectivity index (χ0v) is 12.9. The lowest BCUT2D eigenvalue weighted by molar-refractivity contribution is 0.459. The topological polar surface area (TPSA) is 48.1 Å². The fraction of sp³-hybridized carbons (Fsp3) is 0.353. The summed E-state index contributed by atoms with van der Waals surface area (Å²) in [6, 6.07) is 6.62. The number of nitrogens with zero attached hydrogens (tertiary/aromatic N) is 1. The summed E-state index contributed by atoms with van der Waals surface area (Å²) in [6.07, 6.45) is 0.769. The Kier molecular flexibility index (Phi) is 4.58. The molecular formula is C17H21FN2O. The first-order valence-corrected chi connectivity index (χ1v) is 7.12. The van der Waals surface area contributed by atoms with Crippen LogP contribution in [0.3, 0.4) is 0 Å². The maximum Gasteiger partial charge on any atom is 0.148 e. The number of aromatic nitrogens is 1. The summed E-state index contributed by atoms with van der Waals surface area (Å²) in [5.41, 5.74) is 8.94. The van der Waals surface area contributed by atoms with Crippen molar-refractivity contribution in [2.75, 3.05) is 0 Å². The number of aryl methyl sites for hydroxylation is 3. The first-order chi connectivity index (χ1) is 9.92. The highest BCUT2D eigenvalue weighted by molar-refractivity contribution is 5.43. The van der Waals surface area contributed by atoms with Crippen LogP contribution in [-0.2, 0) is 6.42 Å². The van der Waals surface area contributed by atoms with Gasteiger partial charge < -0.3 is 10.5 Å². The number of benzene rings is 1. The third-order valence-electron chi connectivity index (χ3n) is 3.41. The maximum atomic E-state index is 13.7. The standard InChI is InChI=1S/C17H21FN2O/c1-5-15-16(7-6-11(3)20-15)21-17-8-10(2)14(18)9-13(17)12(4)19/h6-9,12H,5,19H2,1-4H3/t12-/m1/s1. The fourth-order valence-corrected chi connectivity index (χ4v) is 2.18. The summed E-state index contributed by atoms with van der Waals surface area (Å²) < 4.78 is 19.7. The average molecular weight is 288 g/mol. The van der Waals surface area contributed by atoms with Gasteiger partial charge in [0.1, 0.15) is 17.3 Å². The van der Waals surface area contributed by atoms with E-state index in [0.29, 0.717) is 22.6 Å². The smallest absolute Gasteiger partial charge is 0.148 e. The molecule has 0 bridgehead atoms. The minimum Gasteiger partial charge on any atom is -0.455 e. The lowest BCUT2D eigenvalue weighted by Gasteiger charge is -2.16. The van der Waals surface area contributed by atoms with Crippen molar-refractivity contribution in [3.63, 3.8) is 0 Å². The van der Waals surface area contributed by atoms with Crippen molar-refractivity contribution < 1.29 is 9.13 Å². The number of hydrogen-bond donors (Lipinski definition) is 1. The minimum atomic E-state index is -0.307. The Morgan fingerprint density at radius 3 is 2.57 bits per heavy atom. The minimum absolute atomic E-state index is 0.271. The lowest BCUT2D eigenvalue weighted by Crippen LogP contribution is -2.08. The second kappa shape index (κ2) is 6.22. The third kappa shape index (κ3) is 3.39. The van der Waals surface area contributed by atoms with E-state index in [2.05, 4.69) is 4.98 Å². The SMILES string of the molecule is CCc1nc(C)ccc1Oc1cc(C)c(F)cc1[C@@H](C)N. The van der Waals surface area contributed by atoms with Crippen LogP contribution < -0.4 is 10.5 Å². The van der Waals surface area contributed by atoms with Gasteiger partial charge in [0, 0.05) is 17.3 Å². The molecular weight excluding hydrogens is 267 g/mol. The Balaban J connectivity index is 2.46. The number of ether oxygens (including phenoxy) is 1. The van der Waals surface area contributed by atoms with Crippen molar-refractivity contribution in [1.82, 2.24) is 4.98 Å². The Bertz CT molecular complexity index is 653. The van der Waals surface area contributed by atoms with Crippen LogP contribution in [0.25, 0.3) is 0 Å². The molecule has 2 N–H and O–H groups in total. The van der Waals surface area contributed by atoms with E-state index in [1.165, 1.54) is 6.07 Å². The molecule has 1 aromatic carbocycles. The van der Waals surface area contributed by atoms with Crippen molar-refractivity contribution in [3.8, 4) is 11.5 Å². The van der Waals surface area contributed by atoms with Crippen LogP contribution in [0.4, 0.5) is 4.39 Å². The van der Waals surface area contributed by atoms with Crippen molar-refractivity contribution in [1.29, 1.82) is 0 Å². The molecule has 21 heavy (non-hydrogen) atoms. The molecule has 1 aromatic heterocycles. The molecule has 1 atom stereocenters. The molecule has 0 radical (unpaired) electrons. The summed E-state index contributed by atoms with van der Waals surface area (Å²) in [5, 5.41) is 0. The Morgan fingerprint density at radius 2 is 1.95 bits per heavy atom. The molecule has 0 aliphatic rings. The van der Waals surface area contributed by atoms with Crippen LogP contribution in [0.15, 0.2) is 24.3 Å². The molecule has 0 spiro atoms. The Hall–Kier alpha value is -1.94. The van der Waals surface area contributed by atoms with E-state index in [-0.39, 0.29) is 11.9 Å². The second-order valence-electron chi connectivity index (χ2n) is 5.28. The second-order valence-corrected chi connectivity index (χ2v) is 5.28. The van der Waals surface area contributed by atoms with Crippen LogP contribution >= 0.6 is 0 Å². The average Bonchev–Trinajstić information content (AvgIpc) is 2.44. The maximum absolute atomic E-state index is 13.7. The molecule has 112 valence electrons. The van der Waals surface area contributed by atoms with E-state index >= 15 is 0 Å². The van der Waals surface area contributed by atoms with Gasteiger partial charge >= 0.3 is 0 Å². The monoisotopic (exact) mass is 288 g/mol. The van der Waals surface area contributed by atoms with Crippen LogP contribution in [-0.4, -0.2) is 4.98 Å². The number of halogens is 1. The molecule has 0 saturated carbocycles. The van der Waals surface area contributed by atoms with Gasteiger partial charge in [-0.15, -0.1) is 0 Å². The highest BCUT2D eigenvalue weighted by Gasteiger charge is 2.14. The highest BCUT2D eigenvalue weighted by Crippen LogP contribution is 2.32. The Morgan fingerprint density at radius 1 is 1.24 bits per heavy atom. The van der Waals surface area contributed by atoms with Gasteiger partial charge in [-0.25, -0.2) is 4.39 Å². The molecule has 0 unspecified atom stereocenters. The van der Waals surface area contributed by atoms with Gasteiger partial charge in [-0.3, -0.25) is 4.98 Å². The number of hydrogen-bond acceptors (Lipinski definition) is 3. The zero-order valence-electron chi connectivity index (χ0n) is 12.9. The first kappa shape index (κ1) is 15.4. The molecule has 2 aromatic rings. The van der Waals surface area contributed by atoms with Crippen LogP contribution in [0.2, 0.25) is 0 Å². The predicted molar refractivity (Wildman–Crippen MR) is 82.2 cm³/mol. The summed E-state index contributed by atoms with van der Waals surface area (Å²) >= 11 is 0. The predicted octanol–water partition coefficient (Wildman–Crippen LogP) is 4.21. The van der Waals surface area contributed by atoms with Crippen LogP contribution in [0.5, 0.6) is 11.5 Å². The van der Waals surface area contributed by atoms with E-state index in [9.17, 15) is 4.39 Å². The number of rotatable bonds is 4. The van der Waals surface area contributed by atoms with Crippen LogP contribution in [0.1, 0.15) is 42.4 Å². The van der Waals surface area contributed by atoms with Gasteiger partial charge in [0.15, 0.2) is 0 Å². The Labute approximate surface area is 125 Å². The molecule has 4 heteroatoms. The van der Waals surface area contributed by atoms with Crippen molar-refractivity contribution in [2.24, 2.45) is 5.73 Å². The fourth-order valence-electron chi connectivity index (χ4n) is 2.18. The molecule has 0 fully saturated rings. The van der Waals surface area contributed by atoms with Crippen molar-refractivity contribution in [2.45, 2.75) is 40.2 Å². The lowest BCUT2D eigenvalue weighted by atomic mass is 10.0. The molecule has 0 aliphatic carbocycles. The van der Waals surface area contributed by atoms with Gasteiger partial charge in [-0.2, -0.15) is 0 Å². The van der Waals surface area contributed by atoms with Crippen molar-refractivity contribution >= 4 is 0 Å². The van der Waals surface area contributed by atoms with Gasteiger partial charge in [0.2, 0.25) is 0 Å². The highest BCUT2D eigenvalue weighted by atomic mass is 19.1. The molecule has 0 amide bonds. The van der Waals surface area contributed by atoms with Gasteiger partial charge in [-0.05, 0) is 57.0 Å². The van der Waals surface area contributed by atoms with E-state index in [1.807, 2.05) is 32.9 Å². The largest absolute Gasteiger partial charge is 0.455 e. The molecule has 2 rings (SSSR count). The molecule has 0 saturated heterocycles. The summed E-state index contributed by atoms with van der Waals surface area (Å²) in [6.45, 7) is 7.49. The zero-order chi connectivity index (χ0) is 15.6. The summed E-state index contributed by atoms with van der Waals surface area (Å²) in [7, 11) is 0. The summed E-state index contributed by atoms with van der Waals surface area (Å²) in [5.74, 6) is 1.01. The molecule has 0 aliphatic heterocycles. The van der Waals surface area contributed by atoms with Gasteiger partial charge in [0.25, 0.3) is 0 Å². The van der Waals surface area contributed by atoms with Crippen LogP contribution in [0, 0.1) is 19.7 Å².